The molecule has 35 heavy (non-hydrogen) atoms. The zero-order valence-corrected chi connectivity index (χ0v) is 18.6. The number of Topliss-reactive ketones (excluding diaryl/α,β-unsaturated/α-hetero) is 2. The van der Waals surface area contributed by atoms with Gasteiger partial charge in [-0.25, -0.2) is 0 Å². The van der Waals surface area contributed by atoms with E-state index in [4.69, 9.17) is 5.73 Å². The third-order valence-electron chi connectivity index (χ3n) is 7.07. The van der Waals surface area contributed by atoms with Crippen LogP contribution in [0.15, 0.2) is 45.0 Å². The average molecular weight is 483 g/mol. The van der Waals surface area contributed by atoms with Crippen LogP contribution >= 0.6 is 0 Å². The molecule has 182 valence electrons. The number of nitrogens with zero attached hydrogens (tertiary/aromatic N) is 2. The zero-order valence-electron chi connectivity index (χ0n) is 18.6. The van der Waals surface area contributed by atoms with Crippen molar-refractivity contribution in [2.45, 2.75) is 37.7 Å². The van der Waals surface area contributed by atoms with E-state index >= 15 is 0 Å². The van der Waals surface area contributed by atoms with Gasteiger partial charge in [-0.05, 0) is 52.7 Å². The number of nitroso groups, excluding NO2 is 2. The standard InChI is InChI=1S/C23H21N3O9/c1-35-15(28)5-3-9-2-4-14(27)17-12(9)7-10-6-11-8-13(25-33)18(22(24)31)21(30)23(11,32)20(26-34)16(10)19(17)29/h2,4,10-11,27,32H,3,5-8H2,1H3,(H2,24,31)/t10-,11?,23+/m1/s1. The summed E-state index contributed by atoms with van der Waals surface area (Å²) in [4.78, 5) is 73.4. The highest BCUT2D eigenvalue weighted by Gasteiger charge is 2.60. The summed E-state index contributed by atoms with van der Waals surface area (Å²) >= 11 is 0. The molecule has 3 atom stereocenters. The largest absolute Gasteiger partial charge is 0.507 e. The average Bonchev–Trinajstić information content (AvgIpc) is 2.82. The molecule has 0 saturated heterocycles. The third-order valence-corrected chi connectivity index (χ3v) is 7.07. The number of phenols is 1. The molecule has 1 aromatic carbocycles. The van der Waals surface area contributed by atoms with Crippen LogP contribution in [0.4, 0.5) is 0 Å². The van der Waals surface area contributed by atoms with Crippen LogP contribution in [-0.4, -0.2) is 46.4 Å². The topological polar surface area (TPSA) is 203 Å². The Morgan fingerprint density at radius 3 is 2.51 bits per heavy atom. The van der Waals surface area contributed by atoms with Crippen molar-refractivity contribution in [3.05, 3.63) is 61.2 Å². The number of carbonyl (C=O) groups excluding carboxylic acids is 4. The van der Waals surface area contributed by atoms with E-state index in [1.165, 1.54) is 13.2 Å². The van der Waals surface area contributed by atoms with E-state index in [1.807, 2.05) is 0 Å². The first-order valence-electron chi connectivity index (χ1n) is 10.8. The maximum absolute atomic E-state index is 13.5. The molecule has 3 aliphatic rings. The number of nitrogens with two attached hydrogens (primary N) is 1. The molecule has 0 aliphatic heterocycles. The predicted molar refractivity (Wildman–Crippen MR) is 117 cm³/mol. The molecule has 0 saturated carbocycles. The fourth-order valence-electron chi connectivity index (χ4n) is 5.46. The van der Waals surface area contributed by atoms with E-state index in [0.29, 0.717) is 11.1 Å². The molecule has 12 heteroatoms. The number of hydrogen-bond acceptors (Lipinski definition) is 11. The van der Waals surface area contributed by atoms with Crippen molar-refractivity contribution in [1.82, 2.24) is 0 Å². The molecule has 0 fully saturated rings. The molecule has 0 radical (unpaired) electrons. The van der Waals surface area contributed by atoms with E-state index in [0.717, 1.165) is 0 Å². The number of hydrogen-bond donors (Lipinski definition) is 3. The third kappa shape index (κ3) is 3.48. The van der Waals surface area contributed by atoms with E-state index < -0.39 is 57.8 Å². The first kappa shape index (κ1) is 24.1. The Labute approximate surface area is 197 Å². The Morgan fingerprint density at radius 1 is 1.20 bits per heavy atom. The molecular weight excluding hydrogens is 462 g/mol. The first-order valence-corrected chi connectivity index (χ1v) is 10.8. The monoisotopic (exact) mass is 483 g/mol. The van der Waals surface area contributed by atoms with Gasteiger partial charge < -0.3 is 20.7 Å². The molecule has 0 aromatic heterocycles. The van der Waals surface area contributed by atoms with Gasteiger partial charge in [0.15, 0.2) is 11.4 Å². The Morgan fingerprint density at radius 2 is 1.91 bits per heavy atom. The van der Waals surface area contributed by atoms with E-state index in [9.17, 15) is 39.2 Å². The normalized spacial score (nSPS) is 25.4. The molecule has 1 amide bonds. The summed E-state index contributed by atoms with van der Waals surface area (Å²) in [6, 6.07) is 2.86. The number of ether oxygens (including phenoxy) is 1. The van der Waals surface area contributed by atoms with Gasteiger partial charge in [0, 0.05) is 24.3 Å². The van der Waals surface area contributed by atoms with Gasteiger partial charge >= 0.3 is 5.97 Å². The van der Waals surface area contributed by atoms with Crippen LogP contribution in [0.1, 0.15) is 40.7 Å². The lowest BCUT2D eigenvalue weighted by atomic mass is 9.59. The lowest BCUT2D eigenvalue weighted by molar-refractivity contribution is -0.141. The SMILES string of the molecule is COC(=O)CCc1ccc(O)c2c1C[C@H]1CC3CC(N=O)=C(C(N)=O)C(=O)[C@@]3(O)C(N=O)=C1C2=O. The fourth-order valence-corrected chi connectivity index (χ4v) is 5.46. The van der Waals surface area contributed by atoms with E-state index in [-0.39, 0.29) is 49.0 Å². The second-order valence-electron chi connectivity index (χ2n) is 8.77. The van der Waals surface area contributed by atoms with Crippen LogP contribution in [0.25, 0.3) is 0 Å². The summed E-state index contributed by atoms with van der Waals surface area (Å²) in [5.74, 6) is -6.02. The molecule has 1 unspecified atom stereocenters. The highest BCUT2D eigenvalue weighted by Crippen LogP contribution is 2.53. The maximum atomic E-state index is 13.5. The van der Waals surface area contributed by atoms with Crippen molar-refractivity contribution in [2.75, 3.05) is 7.11 Å². The zero-order chi connectivity index (χ0) is 25.7. The first-order chi connectivity index (χ1) is 16.6. The number of ketones is 2. The van der Waals surface area contributed by atoms with Crippen LogP contribution < -0.4 is 5.73 Å². The van der Waals surface area contributed by atoms with Crippen molar-refractivity contribution < 1.29 is 34.1 Å². The molecule has 1 aromatic rings. The number of primary amides is 1. The van der Waals surface area contributed by atoms with Crippen molar-refractivity contribution in [1.29, 1.82) is 0 Å². The molecule has 0 bridgehead atoms. The number of carbonyl (C=O) groups is 4. The number of methoxy groups -OCH3 is 1. The number of aromatic hydroxyl groups is 1. The lowest BCUT2D eigenvalue weighted by Gasteiger charge is -2.45. The van der Waals surface area contributed by atoms with Crippen LogP contribution in [0.5, 0.6) is 5.75 Å². The van der Waals surface area contributed by atoms with Crippen LogP contribution in [0.2, 0.25) is 0 Å². The van der Waals surface area contributed by atoms with Crippen molar-refractivity contribution in [2.24, 2.45) is 27.9 Å². The summed E-state index contributed by atoms with van der Waals surface area (Å²) in [6.45, 7) is 0. The number of esters is 1. The number of phenolic OH excluding ortho intramolecular Hbond substituents is 1. The minimum atomic E-state index is -2.66. The maximum Gasteiger partial charge on any atom is 0.305 e. The van der Waals surface area contributed by atoms with Gasteiger partial charge in [-0.15, -0.1) is 9.81 Å². The number of fused-ring (bicyclic) bond motifs is 3. The number of rotatable bonds is 6. The van der Waals surface area contributed by atoms with E-state index in [2.05, 4.69) is 15.1 Å². The summed E-state index contributed by atoms with van der Waals surface area (Å²) in [5.41, 5.74) is 1.25. The van der Waals surface area contributed by atoms with Gasteiger partial charge in [-0.1, -0.05) is 6.07 Å². The minimum absolute atomic E-state index is 0.0149. The Hall–Kier alpha value is -4.06. The smallest absolute Gasteiger partial charge is 0.305 e. The molecule has 0 heterocycles. The van der Waals surface area contributed by atoms with E-state index in [1.54, 1.807) is 6.07 Å². The van der Waals surface area contributed by atoms with Crippen molar-refractivity contribution in [3.63, 3.8) is 0 Å². The second kappa shape index (κ2) is 8.62. The Kier molecular flexibility index (Phi) is 5.93. The lowest BCUT2D eigenvalue weighted by Crippen LogP contribution is -2.56. The molecule has 4 rings (SSSR count). The summed E-state index contributed by atoms with van der Waals surface area (Å²) in [5, 5.41) is 27.4. The molecule has 3 aliphatic carbocycles. The van der Waals surface area contributed by atoms with Crippen LogP contribution in [-0.2, 0) is 32.0 Å². The number of allylic oxidation sites excluding steroid dienone is 2. The summed E-state index contributed by atoms with van der Waals surface area (Å²) in [7, 11) is 1.25. The van der Waals surface area contributed by atoms with Gasteiger partial charge in [0.05, 0.1) is 12.7 Å². The van der Waals surface area contributed by atoms with Gasteiger partial charge in [-0.2, -0.15) is 0 Å². The van der Waals surface area contributed by atoms with Crippen LogP contribution in [0.3, 0.4) is 0 Å². The van der Waals surface area contributed by atoms with Gasteiger partial charge in [-0.3, -0.25) is 19.2 Å². The summed E-state index contributed by atoms with van der Waals surface area (Å²) in [6.07, 6.45) is 0.0462. The Bertz CT molecular complexity index is 1280. The number of benzene rings is 1. The minimum Gasteiger partial charge on any atom is -0.507 e. The highest BCUT2D eigenvalue weighted by molar-refractivity contribution is 6.25. The number of amides is 1. The quantitative estimate of drug-likeness (QED) is 0.301. The van der Waals surface area contributed by atoms with Gasteiger partial charge in [0.25, 0.3) is 5.91 Å². The Balaban J connectivity index is 1.88. The molecule has 12 nitrogen and oxygen atoms in total. The second-order valence-corrected chi connectivity index (χ2v) is 8.77. The molecule has 4 N–H and O–H groups in total. The van der Waals surface area contributed by atoms with Crippen molar-refractivity contribution >= 4 is 23.4 Å². The van der Waals surface area contributed by atoms with Gasteiger partial charge in [0.1, 0.15) is 22.7 Å². The van der Waals surface area contributed by atoms with Crippen LogP contribution in [0, 0.1) is 21.6 Å². The molecule has 0 spiro atoms. The number of aryl methyl sites for hydroxylation is 1. The van der Waals surface area contributed by atoms with Gasteiger partial charge in [0.2, 0.25) is 5.78 Å². The number of aliphatic hydroxyl groups is 1. The highest BCUT2D eigenvalue weighted by atomic mass is 16.5. The molecular formula is C23H21N3O9. The van der Waals surface area contributed by atoms with Crippen molar-refractivity contribution in [3.8, 4) is 5.75 Å². The fraction of sp³-hybridized carbons (Fsp3) is 0.391. The summed E-state index contributed by atoms with van der Waals surface area (Å²) < 4.78 is 4.66. The predicted octanol–water partition coefficient (Wildman–Crippen LogP) is 1.10.